The Balaban J connectivity index is 1.71. The van der Waals surface area contributed by atoms with Crippen LogP contribution in [0.25, 0.3) is 0 Å². The van der Waals surface area contributed by atoms with Crippen molar-refractivity contribution in [3.63, 3.8) is 0 Å². The lowest BCUT2D eigenvalue weighted by Crippen LogP contribution is -2.23. The number of nitrogens with zero attached hydrogens (tertiary/aromatic N) is 3. The van der Waals surface area contributed by atoms with Crippen molar-refractivity contribution in [1.82, 2.24) is 9.55 Å². The summed E-state index contributed by atoms with van der Waals surface area (Å²) in [5, 5.41) is 12.0. The van der Waals surface area contributed by atoms with Crippen LogP contribution < -0.4 is 5.32 Å². The zero-order valence-electron chi connectivity index (χ0n) is 12.8. The number of nitrogens with one attached hydrogen (secondary N) is 1. The number of aromatic nitrogens is 2. The Morgan fingerprint density at radius 1 is 1.57 bits per heavy atom. The molecule has 2 heterocycles. The molecule has 1 aliphatic rings. The van der Waals surface area contributed by atoms with E-state index in [-0.39, 0.29) is 17.6 Å². The summed E-state index contributed by atoms with van der Waals surface area (Å²) < 4.78 is 15.1. The number of imidazole rings is 1. The lowest BCUT2D eigenvalue weighted by Gasteiger charge is -2.11. The molecule has 1 aromatic carbocycles. The second-order valence-corrected chi connectivity index (χ2v) is 5.82. The first-order valence-electron chi connectivity index (χ1n) is 7.63. The third kappa shape index (κ3) is 3.09. The number of carbonyl (C=O) groups is 1. The van der Waals surface area contributed by atoms with E-state index in [1.807, 2.05) is 4.57 Å². The summed E-state index contributed by atoms with van der Waals surface area (Å²) in [5.41, 5.74) is 1.17. The maximum Gasteiger partial charge on any atom is 0.228 e. The molecular weight excluding hydrogens is 295 g/mol. The van der Waals surface area contributed by atoms with Crippen molar-refractivity contribution >= 4 is 11.7 Å². The Bertz CT molecular complexity index is 790. The average Bonchev–Trinajstić information content (AvgIpc) is 3.07. The Morgan fingerprint density at radius 2 is 2.39 bits per heavy atom. The van der Waals surface area contributed by atoms with Crippen LogP contribution in [0.15, 0.2) is 24.3 Å². The quantitative estimate of drug-likeness (QED) is 0.943. The molecule has 0 fully saturated rings. The van der Waals surface area contributed by atoms with E-state index in [4.69, 9.17) is 0 Å². The van der Waals surface area contributed by atoms with Gasteiger partial charge in [-0.2, -0.15) is 5.26 Å². The van der Waals surface area contributed by atoms with E-state index >= 15 is 0 Å². The van der Waals surface area contributed by atoms with E-state index in [1.165, 1.54) is 12.1 Å². The Hall–Kier alpha value is -2.68. The van der Waals surface area contributed by atoms with Crippen molar-refractivity contribution in [3.05, 3.63) is 47.2 Å². The fourth-order valence-electron chi connectivity index (χ4n) is 2.88. The average molecular weight is 312 g/mol. The summed E-state index contributed by atoms with van der Waals surface area (Å²) in [6, 6.07) is 8.33. The number of benzene rings is 1. The lowest BCUT2D eigenvalue weighted by atomic mass is 10.0. The molecule has 0 spiro atoms. The first kappa shape index (κ1) is 15.2. The fourth-order valence-corrected chi connectivity index (χ4v) is 2.88. The third-order valence-electron chi connectivity index (χ3n) is 4.05. The molecule has 118 valence electrons. The van der Waals surface area contributed by atoms with E-state index < -0.39 is 0 Å². The zero-order chi connectivity index (χ0) is 16.4. The minimum atomic E-state index is -0.347. The number of halogens is 1. The molecule has 1 atom stereocenters. The van der Waals surface area contributed by atoms with Gasteiger partial charge in [0.05, 0.1) is 0 Å². The largest absolute Gasteiger partial charge is 0.318 e. The van der Waals surface area contributed by atoms with Crippen molar-refractivity contribution in [2.75, 3.05) is 5.32 Å². The second-order valence-electron chi connectivity index (χ2n) is 5.82. The van der Waals surface area contributed by atoms with Gasteiger partial charge in [-0.25, -0.2) is 9.37 Å². The predicted octanol–water partition coefficient (Wildman–Crippen LogP) is 2.66. The lowest BCUT2D eigenvalue weighted by molar-refractivity contribution is -0.119. The number of anilines is 1. The first-order chi connectivity index (χ1) is 11.1. The number of aryl methyl sites for hydroxylation is 1. The molecule has 1 unspecified atom stereocenters. The highest BCUT2D eigenvalue weighted by Gasteiger charge is 2.23. The van der Waals surface area contributed by atoms with Crippen molar-refractivity contribution < 1.29 is 9.18 Å². The van der Waals surface area contributed by atoms with Crippen LogP contribution in [-0.4, -0.2) is 15.5 Å². The van der Waals surface area contributed by atoms with Crippen molar-refractivity contribution in [2.45, 2.75) is 32.7 Å². The molecular formula is C17H17FN4O. The highest BCUT2D eigenvalue weighted by molar-refractivity contribution is 5.92. The summed E-state index contributed by atoms with van der Waals surface area (Å²) in [4.78, 5) is 16.7. The van der Waals surface area contributed by atoms with Crippen LogP contribution in [-0.2, 0) is 24.2 Å². The van der Waals surface area contributed by atoms with E-state index in [2.05, 4.69) is 16.4 Å². The van der Waals surface area contributed by atoms with Crippen LogP contribution in [0.5, 0.6) is 0 Å². The van der Waals surface area contributed by atoms with Crippen molar-refractivity contribution in [1.29, 1.82) is 5.26 Å². The summed E-state index contributed by atoms with van der Waals surface area (Å²) >= 11 is 0. The topological polar surface area (TPSA) is 70.7 Å². The van der Waals surface area contributed by atoms with Gasteiger partial charge < -0.3 is 9.88 Å². The van der Waals surface area contributed by atoms with Gasteiger partial charge in [-0.05, 0) is 30.5 Å². The van der Waals surface area contributed by atoms with E-state index in [9.17, 15) is 14.4 Å². The number of nitriles is 1. The maximum absolute atomic E-state index is 13.2. The third-order valence-corrected chi connectivity index (χ3v) is 4.05. The van der Waals surface area contributed by atoms with Gasteiger partial charge in [-0.3, -0.25) is 4.79 Å². The molecule has 0 saturated heterocycles. The van der Waals surface area contributed by atoms with Crippen LogP contribution in [0.4, 0.5) is 10.2 Å². The molecule has 3 rings (SSSR count). The summed E-state index contributed by atoms with van der Waals surface area (Å²) in [7, 11) is 0. The molecule has 2 aromatic rings. The zero-order valence-corrected chi connectivity index (χ0v) is 12.8. The van der Waals surface area contributed by atoms with Gasteiger partial charge in [0, 0.05) is 18.9 Å². The van der Waals surface area contributed by atoms with Gasteiger partial charge >= 0.3 is 0 Å². The van der Waals surface area contributed by atoms with Crippen LogP contribution in [0, 0.1) is 23.1 Å². The molecule has 1 aliphatic heterocycles. The molecule has 0 radical (unpaired) electrons. The maximum atomic E-state index is 13.2. The van der Waals surface area contributed by atoms with Gasteiger partial charge in [0.1, 0.15) is 17.7 Å². The number of amides is 1. The van der Waals surface area contributed by atoms with Gasteiger partial charge in [0.25, 0.3) is 0 Å². The van der Waals surface area contributed by atoms with Crippen molar-refractivity contribution in [2.24, 2.45) is 5.92 Å². The number of fused-ring (bicyclic) bond motifs is 1. The Morgan fingerprint density at radius 3 is 3.13 bits per heavy atom. The van der Waals surface area contributed by atoms with Crippen LogP contribution >= 0.6 is 0 Å². The SMILES string of the molecule is CC(Cc1cccc(F)c1)C(=O)Nc1nc2n(c1C#N)CCC2. The monoisotopic (exact) mass is 312 g/mol. The van der Waals surface area contributed by atoms with Crippen LogP contribution in [0.1, 0.15) is 30.4 Å². The fraction of sp³-hybridized carbons (Fsp3) is 0.353. The molecule has 23 heavy (non-hydrogen) atoms. The van der Waals surface area contributed by atoms with Gasteiger partial charge in [-0.15, -0.1) is 0 Å². The van der Waals surface area contributed by atoms with Crippen LogP contribution in [0.2, 0.25) is 0 Å². The first-order valence-corrected chi connectivity index (χ1v) is 7.63. The molecule has 1 aromatic heterocycles. The molecule has 1 amide bonds. The predicted molar refractivity (Wildman–Crippen MR) is 83.2 cm³/mol. The van der Waals surface area contributed by atoms with E-state index in [1.54, 1.807) is 19.1 Å². The number of carbonyl (C=O) groups excluding carboxylic acids is 1. The summed E-state index contributed by atoms with van der Waals surface area (Å²) in [6.07, 6.45) is 2.23. The van der Waals surface area contributed by atoms with Gasteiger partial charge in [-0.1, -0.05) is 19.1 Å². The van der Waals surface area contributed by atoms with Gasteiger partial charge in [0.2, 0.25) is 5.91 Å². The minimum Gasteiger partial charge on any atom is -0.318 e. The standard InChI is InChI=1S/C17H17FN4O/c1-11(8-12-4-2-5-13(18)9-12)17(23)21-16-14(10-19)22-7-3-6-15(22)20-16/h2,4-5,9,11H,3,6-8H2,1H3,(H,21,23). The highest BCUT2D eigenvalue weighted by atomic mass is 19.1. The van der Waals surface area contributed by atoms with E-state index in [0.717, 1.165) is 30.8 Å². The smallest absolute Gasteiger partial charge is 0.228 e. The normalized spacial score (nSPS) is 14.1. The molecule has 5 nitrogen and oxygen atoms in total. The molecule has 0 saturated carbocycles. The van der Waals surface area contributed by atoms with Gasteiger partial charge in [0.15, 0.2) is 11.5 Å². The number of rotatable bonds is 4. The molecule has 0 bridgehead atoms. The summed E-state index contributed by atoms with van der Waals surface area (Å²) in [6.45, 7) is 2.54. The van der Waals surface area contributed by atoms with Crippen molar-refractivity contribution in [3.8, 4) is 6.07 Å². The highest BCUT2D eigenvalue weighted by Crippen LogP contribution is 2.23. The second kappa shape index (κ2) is 6.21. The Kier molecular flexibility index (Phi) is 4.11. The Labute approximate surface area is 133 Å². The molecule has 6 heteroatoms. The minimum absolute atomic E-state index is 0.220. The number of hydrogen-bond donors (Lipinski definition) is 1. The molecule has 1 N–H and O–H groups in total. The molecule has 0 aliphatic carbocycles. The number of hydrogen-bond acceptors (Lipinski definition) is 3. The summed E-state index contributed by atoms with van der Waals surface area (Å²) in [5.74, 6) is 0.294. The van der Waals surface area contributed by atoms with E-state index in [0.29, 0.717) is 17.9 Å². The van der Waals surface area contributed by atoms with Crippen LogP contribution in [0.3, 0.4) is 0 Å².